The van der Waals surface area contributed by atoms with E-state index in [2.05, 4.69) is 44.3 Å². The van der Waals surface area contributed by atoms with Gasteiger partial charge in [0.2, 0.25) is 0 Å². The standard InChI is InChI=1S/C16H22N2/c1-12-8-13(2)15(14(3)9-12)4-7-18-11-16(10-17)5-6-16/h8-9,18H,4-7,11H2,1-3H3. The zero-order chi connectivity index (χ0) is 13.2. The van der Waals surface area contributed by atoms with Crippen LogP contribution in [0.3, 0.4) is 0 Å². The maximum Gasteiger partial charge on any atom is 0.0703 e. The summed E-state index contributed by atoms with van der Waals surface area (Å²) >= 11 is 0. The molecule has 0 aromatic heterocycles. The summed E-state index contributed by atoms with van der Waals surface area (Å²) in [4.78, 5) is 0. The predicted molar refractivity (Wildman–Crippen MR) is 74.5 cm³/mol. The molecule has 1 aromatic rings. The van der Waals surface area contributed by atoms with Gasteiger partial charge >= 0.3 is 0 Å². The summed E-state index contributed by atoms with van der Waals surface area (Å²) < 4.78 is 0. The van der Waals surface area contributed by atoms with Crippen molar-refractivity contribution in [2.75, 3.05) is 13.1 Å². The van der Waals surface area contributed by atoms with E-state index in [4.69, 9.17) is 5.26 Å². The van der Waals surface area contributed by atoms with E-state index in [1.807, 2.05) is 0 Å². The number of aryl methyl sites for hydroxylation is 3. The maximum atomic E-state index is 9.00. The minimum atomic E-state index is -0.0304. The molecule has 0 bridgehead atoms. The van der Waals surface area contributed by atoms with Crippen LogP contribution >= 0.6 is 0 Å². The Morgan fingerprint density at radius 1 is 1.22 bits per heavy atom. The first-order valence-electron chi connectivity index (χ1n) is 6.75. The molecule has 1 fully saturated rings. The molecule has 96 valence electrons. The van der Waals surface area contributed by atoms with Crippen molar-refractivity contribution in [3.8, 4) is 6.07 Å². The Bertz CT molecular complexity index is 455. The largest absolute Gasteiger partial charge is 0.315 e. The summed E-state index contributed by atoms with van der Waals surface area (Å²) in [5, 5.41) is 12.4. The van der Waals surface area contributed by atoms with Crippen molar-refractivity contribution in [1.29, 1.82) is 5.26 Å². The lowest BCUT2D eigenvalue weighted by Crippen LogP contribution is -2.25. The van der Waals surface area contributed by atoms with Crippen molar-refractivity contribution >= 4 is 0 Å². The molecule has 18 heavy (non-hydrogen) atoms. The Kier molecular flexibility index (Phi) is 3.73. The van der Waals surface area contributed by atoms with Crippen molar-refractivity contribution in [3.63, 3.8) is 0 Å². The third-order valence-electron chi connectivity index (χ3n) is 3.95. The molecule has 0 radical (unpaired) electrons. The van der Waals surface area contributed by atoms with Crippen molar-refractivity contribution in [2.24, 2.45) is 5.41 Å². The molecule has 0 unspecified atom stereocenters. The summed E-state index contributed by atoms with van der Waals surface area (Å²) in [6, 6.07) is 6.92. The normalized spacial score (nSPS) is 16.3. The molecule has 0 aliphatic heterocycles. The van der Waals surface area contributed by atoms with E-state index in [1.165, 1.54) is 22.3 Å². The fourth-order valence-electron chi connectivity index (χ4n) is 2.62. The monoisotopic (exact) mass is 242 g/mol. The van der Waals surface area contributed by atoms with E-state index in [9.17, 15) is 0 Å². The second kappa shape index (κ2) is 5.12. The number of hydrogen-bond acceptors (Lipinski definition) is 2. The van der Waals surface area contributed by atoms with Crippen LogP contribution in [-0.2, 0) is 6.42 Å². The van der Waals surface area contributed by atoms with Gasteiger partial charge < -0.3 is 5.32 Å². The molecule has 0 amide bonds. The molecule has 0 heterocycles. The van der Waals surface area contributed by atoms with Gasteiger partial charge in [0.15, 0.2) is 0 Å². The van der Waals surface area contributed by atoms with Crippen LogP contribution in [0.2, 0.25) is 0 Å². The van der Waals surface area contributed by atoms with E-state index in [-0.39, 0.29) is 5.41 Å². The van der Waals surface area contributed by atoms with Crippen molar-refractivity contribution in [1.82, 2.24) is 5.32 Å². The van der Waals surface area contributed by atoms with Crippen LogP contribution in [0, 0.1) is 37.5 Å². The summed E-state index contributed by atoms with van der Waals surface area (Å²) in [7, 11) is 0. The quantitative estimate of drug-likeness (QED) is 0.806. The predicted octanol–water partition coefficient (Wildman–Crippen LogP) is 3.05. The number of hydrogen-bond donors (Lipinski definition) is 1. The van der Waals surface area contributed by atoms with Gasteiger partial charge in [-0.3, -0.25) is 0 Å². The molecule has 1 saturated carbocycles. The van der Waals surface area contributed by atoms with Gasteiger partial charge in [0.05, 0.1) is 11.5 Å². The van der Waals surface area contributed by atoms with Gasteiger partial charge in [0.25, 0.3) is 0 Å². The van der Waals surface area contributed by atoms with E-state index >= 15 is 0 Å². The second-order valence-corrected chi connectivity index (χ2v) is 5.70. The molecule has 1 aromatic carbocycles. The van der Waals surface area contributed by atoms with Crippen LogP contribution in [0.25, 0.3) is 0 Å². The molecular weight excluding hydrogens is 220 g/mol. The highest BCUT2D eigenvalue weighted by atomic mass is 14.9. The molecular formula is C16H22N2. The van der Waals surface area contributed by atoms with E-state index in [0.717, 1.165) is 32.4 Å². The van der Waals surface area contributed by atoms with Gasteiger partial charge in [-0.2, -0.15) is 5.26 Å². The smallest absolute Gasteiger partial charge is 0.0703 e. The average Bonchev–Trinajstić information content (AvgIpc) is 3.07. The van der Waals surface area contributed by atoms with Gasteiger partial charge in [0, 0.05) is 6.54 Å². The third kappa shape index (κ3) is 2.91. The minimum absolute atomic E-state index is 0.0304. The lowest BCUT2D eigenvalue weighted by Gasteiger charge is -2.13. The Morgan fingerprint density at radius 2 is 1.83 bits per heavy atom. The van der Waals surface area contributed by atoms with Gasteiger partial charge in [-0.05, 0) is 63.3 Å². The van der Waals surface area contributed by atoms with Crippen LogP contribution < -0.4 is 5.32 Å². The van der Waals surface area contributed by atoms with Gasteiger partial charge in [-0.15, -0.1) is 0 Å². The first-order valence-corrected chi connectivity index (χ1v) is 6.75. The number of rotatable bonds is 5. The Morgan fingerprint density at radius 3 is 2.33 bits per heavy atom. The maximum absolute atomic E-state index is 9.00. The molecule has 2 nitrogen and oxygen atoms in total. The van der Waals surface area contributed by atoms with Crippen molar-refractivity contribution in [3.05, 3.63) is 34.4 Å². The Labute approximate surface area is 110 Å². The molecule has 1 aliphatic rings. The third-order valence-corrected chi connectivity index (χ3v) is 3.95. The molecule has 1 aliphatic carbocycles. The van der Waals surface area contributed by atoms with Crippen LogP contribution in [0.4, 0.5) is 0 Å². The topological polar surface area (TPSA) is 35.8 Å². The average molecular weight is 242 g/mol. The molecule has 2 rings (SSSR count). The molecule has 0 atom stereocenters. The van der Waals surface area contributed by atoms with Gasteiger partial charge in [-0.1, -0.05) is 17.7 Å². The Hall–Kier alpha value is -1.33. The fraction of sp³-hybridized carbons (Fsp3) is 0.562. The van der Waals surface area contributed by atoms with Crippen LogP contribution in [0.15, 0.2) is 12.1 Å². The lowest BCUT2D eigenvalue weighted by atomic mass is 9.97. The van der Waals surface area contributed by atoms with Crippen molar-refractivity contribution < 1.29 is 0 Å². The highest BCUT2D eigenvalue weighted by Gasteiger charge is 2.42. The number of benzene rings is 1. The van der Waals surface area contributed by atoms with Gasteiger partial charge in [0.1, 0.15) is 0 Å². The van der Waals surface area contributed by atoms with Gasteiger partial charge in [-0.25, -0.2) is 0 Å². The summed E-state index contributed by atoms with van der Waals surface area (Å²) in [5.41, 5.74) is 5.53. The highest BCUT2D eigenvalue weighted by molar-refractivity contribution is 5.37. The number of nitrogens with one attached hydrogen (secondary N) is 1. The first-order chi connectivity index (χ1) is 8.56. The van der Waals surface area contributed by atoms with Crippen LogP contribution in [0.5, 0.6) is 0 Å². The SMILES string of the molecule is Cc1cc(C)c(CCNCC2(C#N)CC2)c(C)c1. The Balaban J connectivity index is 1.86. The van der Waals surface area contributed by atoms with E-state index < -0.39 is 0 Å². The van der Waals surface area contributed by atoms with Crippen LogP contribution in [0.1, 0.15) is 35.1 Å². The summed E-state index contributed by atoms with van der Waals surface area (Å²) in [6.45, 7) is 8.34. The number of nitrogens with zero attached hydrogens (tertiary/aromatic N) is 1. The molecule has 1 N–H and O–H groups in total. The molecule has 2 heteroatoms. The number of nitriles is 1. The van der Waals surface area contributed by atoms with Crippen LogP contribution in [-0.4, -0.2) is 13.1 Å². The first kappa shape index (κ1) is 13.1. The minimum Gasteiger partial charge on any atom is -0.315 e. The lowest BCUT2D eigenvalue weighted by molar-refractivity contribution is 0.559. The molecule has 0 saturated heterocycles. The zero-order valence-electron chi connectivity index (χ0n) is 11.6. The molecule has 0 spiro atoms. The summed E-state index contributed by atoms with van der Waals surface area (Å²) in [5.74, 6) is 0. The zero-order valence-corrected chi connectivity index (χ0v) is 11.6. The van der Waals surface area contributed by atoms with E-state index in [0.29, 0.717) is 0 Å². The fourth-order valence-corrected chi connectivity index (χ4v) is 2.62. The highest BCUT2D eigenvalue weighted by Crippen LogP contribution is 2.43. The van der Waals surface area contributed by atoms with Crippen molar-refractivity contribution in [2.45, 2.75) is 40.0 Å². The van der Waals surface area contributed by atoms with E-state index in [1.54, 1.807) is 0 Å². The summed E-state index contributed by atoms with van der Waals surface area (Å²) in [6.07, 6.45) is 3.19. The second-order valence-electron chi connectivity index (χ2n) is 5.70.